The molecule has 1 heterocycles. The predicted octanol–water partition coefficient (Wildman–Crippen LogP) is 2.55. The van der Waals surface area contributed by atoms with Gasteiger partial charge in [0.2, 0.25) is 6.10 Å². The molecular formula is C17H15NO5. The smallest absolute Gasteiger partial charge is 0.335 e. The molecule has 2 aromatic carbocycles. The number of ether oxygens (including phenoxy) is 2. The lowest BCUT2D eigenvalue weighted by Crippen LogP contribution is -2.46. The monoisotopic (exact) mass is 313 g/mol. The first-order chi connectivity index (χ1) is 11.0. The number of anilines is 1. The van der Waals surface area contributed by atoms with Crippen LogP contribution in [0.3, 0.4) is 0 Å². The van der Waals surface area contributed by atoms with Gasteiger partial charge in [0.05, 0.1) is 5.56 Å². The second-order valence-corrected chi connectivity index (χ2v) is 5.18. The largest absolute Gasteiger partial charge is 0.482 e. The maximum Gasteiger partial charge on any atom is 0.335 e. The van der Waals surface area contributed by atoms with E-state index in [2.05, 4.69) is 5.32 Å². The molecule has 0 aliphatic carbocycles. The third-order valence-electron chi connectivity index (χ3n) is 3.48. The Balaban J connectivity index is 1.76. The SMILES string of the molecule is CC1Oc2ccccc2OC1C(=O)Nc1cccc(C(=O)O)c1. The van der Waals surface area contributed by atoms with Crippen molar-refractivity contribution in [2.75, 3.05) is 5.32 Å². The van der Waals surface area contributed by atoms with Crippen LogP contribution in [0, 0.1) is 0 Å². The van der Waals surface area contributed by atoms with Crippen LogP contribution >= 0.6 is 0 Å². The zero-order valence-corrected chi connectivity index (χ0v) is 12.4. The zero-order valence-electron chi connectivity index (χ0n) is 12.4. The second kappa shape index (κ2) is 6.00. The molecule has 3 rings (SSSR count). The van der Waals surface area contributed by atoms with Gasteiger partial charge in [0, 0.05) is 5.69 Å². The van der Waals surface area contributed by atoms with Gasteiger partial charge in [-0.3, -0.25) is 4.79 Å². The number of carboxylic acids is 1. The number of benzene rings is 2. The number of fused-ring (bicyclic) bond motifs is 1. The number of carbonyl (C=O) groups is 2. The number of nitrogens with one attached hydrogen (secondary N) is 1. The highest BCUT2D eigenvalue weighted by atomic mass is 16.6. The van der Waals surface area contributed by atoms with Crippen molar-refractivity contribution in [3.63, 3.8) is 0 Å². The summed E-state index contributed by atoms with van der Waals surface area (Å²) in [5, 5.41) is 11.6. The summed E-state index contributed by atoms with van der Waals surface area (Å²) in [5.74, 6) is -0.350. The van der Waals surface area contributed by atoms with Crippen molar-refractivity contribution >= 4 is 17.6 Å². The zero-order chi connectivity index (χ0) is 16.4. The Morgan fingerprint density at radius 3 is 2.43 bits per heavy atom. The van der Waals surface area contributed by atoms with Gasteiger partial charge in [-0.25, -0.2) is 4.79 Å². The Morgan fingerprint density at radius 1 is 1.04 bits per heavy atom. The molecule has 0 saturated carbocycles. The third-order valence-corrected chi connectivity index (χ3v) is 3.48. The number of hydrogen-bond acceptors (Lipinski definition) is 4. The molecule has 2 N–H and O–H groups in total. The minimum atomic E-state index is -1.05. The third kappa shape index (κ3) is 3.11. The van der Waals surface area contributed by atoms with E-state index in [0.717, 1.165) is 0 Å². The highest BCUT2D eigenvalue weighted by Gasteiger charge is 2.34. The van der Waals surface area contributed by atoms with E-state index in [0.29, 0.717) is 17.2 Å². The molecule has 6 nitrogen and oxygen atoms in total. The van der Waals surface area contributed by atoms with Crippen molar-refractivity contribution in [3.8, 4) is 11.5 Å². The first-order valence-electron chi connectivity index (χ1n) is 7.11. The van der Waals surface area contributed by atoms with Crippen LogP contribution < -0.4 is 14.8 Å². The molecule has 1 aliphatic heterocycles. The molecule has 118 valence electrons. The summed E-state index contributed by atoms with van der Waals surface area (Å²) in [5.41, 5.74) is 0.492. The van der Waals surface area contributed by atoms with Crippen molar-refractivity contribution in [2.24, 2.45) is 0 Å². The van der Waals surface area contributed by atoms with E-state index in [1.54, 1.807) is 37.3 Å². The molecular weight excluding hydrogens is 298 g/mol. The quantitative estimate of drug-likeness (QED) is 0.909. The van der Waals surface area contributed by atoms with Gasteiger partial charge < -0.3 is 19.9 Å². The maximum absolute atomic E-state index is 12.4. The minimum absolute atomic E-state index is 0.0991. The van der Waals surface area contributed by atoms with Crippen molar-refractivity contribution in [3.05, 3.63) is 54.1 Å². The molecule has 0 radical (unpaired) electrons. The van der Waals surface area contributed by atoms with Crippen molar-refractivity contribution in [2.45, 2.75) is 19.1 Å². The van der Waals surface area contributed by atoms with Crippen LogP contribution in [-0.4, -0.2) is 29.2 Å². The molecule has 6 heteroatoms. The van der Waals surface area contributed by atoms with E-state index < -0.39 is 24.1 Å². The van der Waals surface area contributed by atoms with Gasteiger partial charge >= 0.3 is 5.97 Å². The van der Waals surface area contributed by atoms with Crippen molar-refractivity contribution < 1.29 is 24.2 Å². The number of carbonyl (C=O) groups excluding carboxylic acids is 1. The van der Waals surface area contributed by atoms with Crippen LogP contribution in [0.4, 0.5) is 5.69 Å². The van der Waals surface area contributed by atoms with E-state index >= 15 is 0 Å². The van der Waals surface area contributed by atoms with Gasteiger partial charge in [0.1, 0.15) is 6.10 Å². The molecule has 23 heavy (non-hydrogen) atoms. The average molecular weight is 313 g/mol. The minimum Gasteiger partial charge on any atom is -0.482 e. The van der Waals surface area contributed by atoms with Crippen LogP contribution in [0.1, 0.15) is 17.3 Å². The summed E-state index contributed by atoms with van der Waals surface area (Å²) >= 11 is 0. The highest BCUT2D eigenvalue weighted by Crippen LogP contribution is 2.33. The predicted molar refractivity (Wildman–Crippen MR) is 83.0 cm³/mol. The van der Waals surface area contributed by atoms with Gasteiger partial charge in [-0.1, -0.05) is 18.2 Å². The Kier molecular flexibility index (Phi) is 3.89. The fourth-order valence-corrected chi connectivity index (χ4v) is 2.35. The number of aromatic carboxylic acids is 1. The molecule has 1 amide bonds. The van der Waals surface area contributed by atoms with Crippen molar-refractivity contribution in [1.82, 2.24) is 0 Å². The summed E-state index contributed by atoms with van der Waals surface area (Å²) in [6.45, 7) is 1.74. The Bertz CT molecular complexity index is 758. The van der Waals surface area contributed by atoms with Gasteiger partial charge in [-0.05, 0) is 37.3 Å². The van der Waals surface area contributed by atoms with E-state index in [-0.39, 0.29) is 5.56 Å². The van der Waals surface area contributed by atoms with Crippen molar-refractivity contribution in [1.29, 1.82) is 0 Å². The van der Waals surface area contributed by atoms with E-state index in [1.165, 1.54) is 12.1 Å². The van der Waals surface area contributed by atoms with E-state index in [9.17, 15) is 9.59 Å². The van der Waals surface area contributed by atoms with Crippen LogP contribution in [0.15, 0.2) is 48.5 Å². The topological polar surface area (TPSA) is 84.9 Å². The Hall–Kier alpha value is -3.02. The molecule has 0 saturated heterocycles. The summed E-state index contributed by atoms with van der Waals surface area (Å²) < 4.78 is 11.4. The fourth-order valence-electron chi connectivity index (χ4n) is 2.35. The molecule has 2 unspecified atom stereocenters. The molecule has 0 fully saturated rings. The highest BCUT2D eigenvalue weighted by molar-refractivity contribution is 5.96. The lowest BCUT2D eigenvalue weighted by atomic mass is 10.1. The molecule has 0 bridgehead atoms. The molecule has 0 aromatic heterocycles. The molecule has 1 aliphatic rings. The first kappa shape index (κ1) is 14.9. The summed E-state index contributed by atoms with van der Waals surface area (Å²) in [4.78, 5) is 23.4. The van der Waals surface area contributed by atoms with E-state index in [1.807, 2.05) is 6.07 Å². The second-order valence-electron chi connectivity index (χ2n) is 5.18. The Labute approximate surface area is 132 Å². The molecule has 2 aromatic rings. The number of hydrogen-bond donors (Lipinski definition) is 2. The lowest BCUT2D eigenvalue weighted by Gasteiger charge is -2.31. The van der Waals surface area contributed by atoms with Crippen LogP contribution in [0.5, 0.6) is 11.5 Å². The van der Waals surface area contributed by atoms with E-state index in [4.69, 9.17) is 14.6 Å². The number of amides is 1. The van der Waals surface area contributed by atoms with Gasteiger partial charge in [-0.2, -0.15) is 0 Å². The fraction of sp³-hybridized carbons (Fsp3) is 0.176. The van der Waals surface area contributed by atoms with Gasteiger partial charge in [0.25, 0.3) is 5.91 Å². The van der Waals surface area contributed by atoms with Crippen LogP contribution in [0.2, 0.25) is 0 Å². The van der Waals surface area contributed by atoms with Gasteiger partial charge in [0.15, 0.2) is 11.5 Å². The molecule has 0 spiro atoms. The maximum atomic E-state index is 12.4. The number of para-hydroxylation sites is 2. The lowest BCUT2D eigenvalue weighted by molar-refractivity contribution is -0.128. The van der Waals surface area contributed by atoms with Crippen LogP contribution in [0.25, 0.3) is 0 Å². The average Bonchev–Trinajstić information content (AvgIpc) is 2.54. The number of carboxylic acid groups (broad SMARTS) is 1. The first-order valence-corrected chi connectivity index (χ1v) is 7.11. The van der Waals surface area contributed by atoms with Crippen LogP contribution in [-0.2, 0) is 4.79 Å². The summed E-state index contributed by atoms with van der Waals surface area (Å²) in [6, 6.07) is 13.2. The Morgan fingerprint density at radius 2 is 1.74 bits per heavy atom. The molecule has 2 atom stereocenters. The summed E-state index contributed by atoms with van der Waals surface area (Å²) in [6.07, 6.45) is -1.29. The number of rotatable bonds is 3. The van der Waals surface area contributed by atoms with Gasteiger partial charge in [-0.15, -0.1) is 0 Å². The summed E-state index contributed by atoms with van der Waals surface area (Å²) in [7, 11) is 0. The normalized spacial score (nSPS) is 19.0. The standard InChI is InChI=1S/C17H15NO5/c1-10-15(23-14-8-3-2-7-13(14)22-10)16(19)18-12-6-4-5-11(9-12)17(20)21/h2-10,15H,1H3,(H,18,19)(H,20,21).